The van der Waals surface area contributed by atoms with Crippen molar-refractivity contribution in [2.24, 2.45) is 0 Å². The molecule has 0 radical (unpaired) electrons. The molecule has 2 aromatic rings. The van der Waals surface area contributed by atoms with Crippen LogP contribution in [-0.2, 0) is 0 Å². The van der Waals surface area contributed by atoms with Crippen molar-refractivity contribution < 1.29 is 14.4 Å². The van der Waals surface area contributed by atoms with Gasteiger partial charge in [0, 0.05) is 25.3 Å². The molecule has 3 amide bonds. The fourth-order valence-electron chi connectivity index (χ4n) is 2.57. The maximum absolute atomic E-state index is 12.6. The summed E-state index contributed by atoms with van der Waals surface area (Å²) in [6, 6.07) is 12.2. The quantitative estimate of drug-likeness (QED) is 0.801. The molecule has 3 rings (SSSR count). The fourth-order valence-corrected chi connectivity index (χ4v) is 2.57. The lowest BCUT2D eigenvalue weighted by Gasteiger charge is -2.17. The molecule has 0 aliphatic carbocycles. The first-order valence-electron chi connectivity index (χ1n) is 7.21. The molecule has 0 aromatic heterocycles. The standard InChI is InChI=1S/C18H16N2O3/c1-11-4-7-13(8-5-11)19(2)16(21)12-6-9-14-15(10-12)18(23)20(3)17(14)22/h4-10H,1-3H3. The maximum Gasteiger partial charge on any atom is 0.261 e. The fraction of sp³-hybridized carbons (Fsp3) is 0.167. The number of carbonyl (C=O) groups is 3. The Morgan fingerprint density at radius 1 is 0.957 bits per heavy atom. The molecule has 0 fully saturated rings. The number of amides is 3. The van der Waals surface area contributed by atoms with Gasteiger partial charge >= 0.3 is 0 Å². The summed E-state index contributed by atoms with van der Waals surface area (Å²) in [7, 11) is 3.11. The number of benzene rings is 2. The van der Waals surface area contributed by atoms with Gasteiger partial charge in [0.2, 0.25) is 0 Å². The number of rotatable bonds is 2. The molecule has 1 aliphatic rings. The molecule has 1 heterocycles. The zero-order valence-electron chi connectivity index (χ0n) is 13.2. The second kappa shape index (κ2) is 5.35. The number of carbonyl (C=O) groups excluding carboxylic acids is 3. The molecule has 0 saturated carbocycles. The van der Waals surface area contributed by atoms with Gasteiger partial charge in [-0.15, -0.1) is 0 Å². The first-order valence-corrected chi connectivity index (χ1v) is 7.21. The Hall–Kier alpha value is -2.95. The van der Waals surface area contributed by atoms with Gasteiger partial charge in [0.15, 0.2) is 0 Å². The summed E-state index contributed by atoms with van der Waals surface area (Å²) in [6.07, 6.45) is 0. The van der Waals surface area contributed by atoms with E-state index in [1.54, 1.807) is 13.1 Å². The third-order valence-electron chi connectivity index (χ3n) is 4.06. The highest BCUT2D eigenvalue weighted by molar-refractivity contribution is 6.22. The number of nitrogens with zero attached hydrogens (tertiary/aromatic N) is 2. The number of fused-ring (bicyclic) bond motifs is 1. The molecule has 0 atom stereocenters. The van der Waals surface area contributed by atoms with Crippen molar-refractivity contribution >= 4 is 23.4 Å². The minimum absolute atomic E-state index is 0.230. The van der Waals surface area contributed by atoms with Crippen LogP contribution in [0.3, 0.4) is 0 Å². The van der Waals surface area contributed by atoms with E-state index in [1.807, 2.05) is 31.2 Å². The van der Waals surface area contributed by atoms with Crippen molar-refractivity contribution in [3.05, 3.63) is 64.7 Å². The van der Waals surface area contributed by atoms with Gasteiger partial charge in [-0.1, -0.05) is 17.7 Å². The first kappa shape index (κ1) is 15.0. The molecule has 2 aromatic carbocycles. The zero-order valence-corrected chi connectivity index (χ0v) is 13.2. The van der Waals surface area contributed by atoms with E-state index in [9.17, 15) is 14.4 Å². The van der Waals surface area contributed by atoms with Crippen molar-refractivity contribution in [3.8, 4) is 0 Å². The Morgan fingerprint density at radius 2 is 1.57 bits per heavy atom. The van der Waals surface area contributed by atoms with Crippen molar-refractivity contribution in [1.29, 1.82) is 0 Å². The Morgan fingerprint density at radius 3 is 2.22 bits per heavy atom. The van der Waals surface area contributed by atoms with Crippen molar-refractivity contribution in [1.82, 2.24) is 4.90 Å². The maximum atomic E-state index is 12.6. The normalized spacial score (nSPS) is 13.3. The summed E-state index contributed by atoms with van der Waals surface area (Å²) in [6.45, 7) is 1.98. The lowest BCUT2D eigenvalue weighted by Crippen LogP contribution is -2.26. The minimum atomic E-state index is -0.377. The Balaban J connectivity index is 1.94. The van der Waals surface area contributed by atoms with Gasteiger partial charge in [-0.05, 0) is 37.3 Å². The molecule has 5 nitrogen and oxygen atoms in total. The Bertz CT molecular complexity index is 825. The van der Waals surface area contributed by atoms with Crippen LogP contribution in [0.4, 0.5) is 5.69 Å². The van der Waals surface area contributed by atoms with E-state index in [2.05, 4.69) is 0 Å². The van der Waals surface area contributed by atoms with Crippen LogP contribution in [0.5, 0.6) is 0 Å². The van der Waals surface area contributed by atoms with Gasteiger partial charge in [0.05, 0.1) is 11.1 Å². The van der Waals surface area contributed by atoms with Gasteiger partial charge in [-0.3, -0.25) is 19.3 Å². The number of hydrogen-bond acceptors (Lipinski definition) is 3. The van der Waals surface area contributed by atoms with Gasteiger partial charge in [-0.2, -0.15) is 0 Å². The topological polar surface area (TPSA) is 57.7 Å². The molecule has 1 aliphatic heterocycles. The van der Waals surface area contributed by atoms with E-state index < -0.39 is 0 Å². The van der Waals surface area contributed by atoms with Crippen LogP contribution in [0.1, 0.15) is 36.6 Å². The molecule has 0 N–H and O–H groups in total. The summed E-state index contributed by atoms with van der Waals surface area (Å²) >= 11 is 0. The average molecular weight is 308 g/mol. The zero-order chi connectivity index (χ0) is 16.7. The van der Waals surface area contributed by atoms with E-state index in [-0.39, 0.29) is 23.3 Å². The van der Waals surface area contributed by atoms with Crippen LogP contribution < -0.4 is 4.90 Å². The SMILES string of the molecule is Cc1ccc(N(C)C(=O)c2ccc3c(c2)C(=O)N(C)C3=O)cc1. The van der Waals surface area contributed by atoms with Gasteiger partial charge in [-0.25, -0.2) is 0 Å². The van der Waals surface area contributed by atoms with Crippen molar-refractivity contribution in [2.45, 2.75) is 6.92 Å². The van der Waals surface area contributed by atoms with Crippen molar-refractivity contribution in [2.75, 3.05) is 19.0 Å². The number of anilines is 1. The van der Waals surface area contributed by atoms with Gasteiger partial charge < -0.3 is 4.90 Å². The van der Waals surface area contributed by atoms with Gasteiger partial charge in [0.1, 0.15) is 0 Å². The predicted molar refractivity (Wildman–Crippen MR) is 86.8 cm³/mol. The highest BCUT2D eigenvalue weighted by Gasteiger charge is 2.33. The molecule has 116 valence electrons. The van der Waals surface area contributed by atoms with E-state index in [0.29, 0.717) is 11.1 Å². The molecular weight excluding hydrogens is 292 g/mol. The van der Waals surface area contributed by atoms with Crippen LogP contribution in [-0.4, -0.2) is 36.7 Å². The number of imide groups is 1. The highest BCUT2D eigenvalue weighted by atomic mass is 16.2. The van der Waals surface area contributed by atoms with E-state index in [0.717, 1.165) is 16.2 Å². The van der Waals surface area contributed by atoms with Crippen LogP contribution in [0, 0.1) is 6.92 Å². The lowest BCUT2D eigenvalue weighted by atomic mass is 10.0. The summed E-state index contributed by atoms with van der Waals surface area (Å²) in [4.78, 5) is 39.1. The molecule has 0 unspecified atom stereocenters. The summed E-state index contributed by atoms with van der Waals surface area (Å²) in [5, 5.41) is 0. The second-order valence-electron chi connectivity index (χ2n) is 5.63. The molecular formula is C18H16N2O3. The smallest absolute Gasteiger partial charge is 0.261 e. The van der Waals surface area contributed by atoms with E-state index in [1.165, 1.54) is 24.1 Å². The van der Waals surface area contributed by atoms with Crippen molar-refractivity contribution in [3.63, 3.8) is 0 Å². The third kappa shape index (κ3) is 2.40. The molecule has 0 saturated heterocycles. The van der Waals surface area contributed by atoms with Crippen LogP contribution >= 0.6 is 0 Å². The van der Waals surface area contributed by atoms with Crippen LogP contribution in [0.15, 0.2) is 42.5 Å². The molecule has 0 bridgehead atoms. The van der Waals surface area contributed by atoms with Gasteiger partial charge in [0.25, 0.3) is 17.7 Å². The average Bonchev–Trinajstić information content (AvgIpc) is 2.78. The second-order valence-corrected chi connectivity index (χ2v) is 5.63. The van der Waals surface area contributed by atoms with E-state index >= 15 is 0 Å². The first-order chi connectivity index (χ1) is 10.9. The lowest BCUT2D eigenvalue weighted by molar-refractivity contribution is 0.0693. The molecule has 0 spiro atoms. The third-order valence-corrected chi connectivity index (χ3v) is 4.06. The molecule has 5 heteroatoms. The number of aryl methyl sites for hydroxylation is 1. The monoisotopic (exact) mass is 308 g/mol. The Labute approximate surface area is 134 Å². The summed E-state index contributed by atoms with van der Waals surface area (Å²) in [5.74, 6) is -0.944. The summed E-state index contributed by atoms with van der Waals surface area (Å²) in [5.41, 5.74) is 2.87. The predicted octanol–water partition coefficient (Wildman–Crippen LogP) is 2.50. The minimum Gasteiger partial charge on any atom is -0.311 e. The molecule has 23 heavy (non-hydrogen) atoms. The highest BCUT2D eigenvalue weighted by Crippen LogP contribution is 2.24. The van der Waals surface area contributed by atoms with Crippen LogP contribution in [0.2, 0.25) is 0 Å². The van der Waals surface area contributed by atoms with E-state index in [4.69, 9.17) is 0 Å². The number of hydrogen-bond donors (Lipinski definition) is 0. The Kier molecular flexibility index (Phi) is 3.48. The largest absolute Gasteiger partial charge is 0.311 e. The summed E-state index contributed by atoms with van der Waals surface area (Å²) < 4.78 is 0. The van der Waals surface area contributed by atoms with Crippen LogP contribution in [0.25, 0.3) is 0 Å².